The lowest BCUT2D eigenvalue weighted by Gasteiger charge is -2.37. The lowest BCUT2D eigenvalue weighted by molar-refractivity contribution is -0.0107. The molecule has 2 heterocycles. The lowest BCUT2D eigenvalue weighted by atomic mass is 9.93. The molecule has 3 rings (SSSR count). The van der Waals surface area contributed by atoms with Gasteiger partial charge in [0, 0.05) is 19.6 Å². The van der Waals surface area contributed by atoms with Crippen molar-refractivity contribution < 1.29 is 9.90 Å². The molecule has 0 aromatic heterocycles. The fourth-order valence-corrected chi connectivity index (χ4v) is 3.25. The third kappa shape index (κ3) is 2.52. The number of piperidine rings is 1. The Morgan fingerprint density at radius 2 is 2.25 bits per heavy atom. The fraction of sp³-hybridized carbons (Fsp3) is 0.562. The van der Waals surface area contributed by atoms with Crippen LogP contribution in [0.4, 0.5) is 5.69 Å². The van der Waals surface area contributed by atoms with Crippen molar-refractivity contribution in [3.8, 4) is 0 Å². The van der Waals surface area contributed by atoms with Gasteiger partial charge in [0.1, 0.15) is 0 Å². The Morgan fingerprint density at radius 1 is 1.40 bits per heavy atom. The average molecular weight is 274 g/mol. The number of anilines is 1. The maximum Gasteiger partial charge on any atom is 0.256 e. The summed E-state index contributed by atoms with van der Waals surface area (Å²) in [6.45, 7) is 3.90. The van der Waals surface area contributed by atoms with E-state index in [1.165, 1.54) is 5.56 Å². The topological polar surface area (TPSA) is 52.6 Å². The summed E-state index contributed by atoms with van der Waals surface area (Å²) in [6, 6.07) is 5.94. The molecule has 1 unspecified atom stereocenters. The molecule has 0 radical (unpaired) electrons. The van der Waals surface area contributed by atoms with Crippen LogP contribution in [0.1, 0.15) is 42.1 Å². The van der Waals surface area contributed by atoms with Crippen LogP contribution in [-0.4, -0.2) is 41.1 Å². The summed E-state index contributed by atoms with van der Waals surface area (Å²) < 4.78 is 0. The zero-order valence-electron chi connectivity index (χ0n) is 12.0. The predicted octanol–water partition coefficient (Wildman–Crippen LogP) is 2.03. The first-order valence-corrected chi connectivity index (χ1v) is 7.44. The van der Waals surface area contributed by atoms with Crippen molar-refractivity contribution in [1.82, 2.24) is 4.90 Å². The van der Waals surface area contributed by atoms with Gasteiger partial charge in [-0.1, -0.05) is 12.1 Å². The van der Waals surface area contributed by atoms with E-state index in [-0.39, 0.29) is 5.91 Å². The second-order valence-electron chi connectivity index (χ2n) is 6.20. The van der Waals surface area contributed by atoms with Gasteiger partial charge in [0.2, 0.25) is 0 Å². The quantitative estimate of drug-likeness (QED) is 0.824. The van der Waals surface area contributed by atoms with Crippen LogP contribution in [0.5, 0.6) is 0 Å². The Hall–Kier alpha value is -1.55. The summed E-state index contributed by atoms with van der Waals surface area (Å²) in [7, 11) is 0. The summed E-state index contributed by atoms with van der Waals surface area (Å²) in [5, 5.41) is 13.5. The second kappa shape index (κ2) is 5.09. The monoisotopic (exact) mass is 274 g/mol. The van der Waals surface area contributed by atoms with Gasteiger partial charge in [-0.2, -0.15) is 0 Å². The zero-order chi connectivity index (χ0) is 14.2. The number of fused-ring (bicyclic) bond motifs is 1. The molecule has 0 spiro atoms. The standard InChI is InChI=1S/C16H22N2O2/c1-16(20)8-4-10-18(11-16)15(19)13-7-2-5-12-6-3-9-17-14(12)13/h2,5,7,17,20H,3-4,6,8-11H2,1H3. The molecule has 2 aliphatic heterocycles. The van der Waals surface area contributed by atoms with Gasteiger partial charge >= 0.3 is 0 Å². The van der Waals surface area contributed by atoms with Crippen molar-refractivity contribution in [3.63, 3.8) is 0 Å². The van der Waals surface area contributed by atoms with Crippen molar-refractivity contribution in [2.75, 3.05) is 25.0 Å². The number of amides is 1. The molecule has 0 aliphatic carbocycles. The van der Waals surface area contributed by atoms with Gasteiger partial charge in [-0.25, -0.2) is 0 Å². The molecular weight excluding hydrogens is 252 g/mol. The van der Waals surface area contributed by atoms with Gasteiger partial charge in [0.15, 0.2) is 0 Å². The van der Waals surface area contributed by atoms with Crippen molar-refractivity contribution in [2.45, 2.75) is 38.2 Å². The number of likely N-dealkylation sites (tertiary alicyclic amines) is 1. The molecule has 20 heavy (non-hydrogen) atoms. The number of carbonyl (C=O) groups is 1. The van der Waals surface area contributed by atoms with Gasteiger partial charge in [0.05, 0.1) is 16.9 Å². The van der Waals surface area contributed by atoms with Crippen LogP contribution in [0, 0.1) is 0 Å². The Bertz CT molecular complexity index is 525. The van der Waals surface area contributed by atoms with E-state index in [9.17, 15) is 9.90 Å². The number of rotatable bonds is 1. The molecule has 108 valence electrons. The van der Waals surface area contributed by atoms with Crippen LogP contribution in [0.25, 0.3) is 0 Å². The van der Waals surface area contributed by atoms with E-state index >= 15 is 0 Å². The number of hydrogen-bond acceptors (Lipinski definition) is 3. The SMILES string of the molecule is CC1(O)CCCN(C(=O)c2cccc3c2NCCC3)C1. The molecule has 1 saturated heterocycles. The first kappa shape index (κ1) is 13.4. The van der Waals surface area contributed by atoms with E-state index in [2.05, 4.69) is 11.4 Å². The van der Waals surface area contributed by atoms with Crippen molar-refractivity contribution in [1.29, 1.82) is 0 Å². The summed E-state index contributed by atoms with van der Waals surface area (Å²) in [5.41, 5.74) is 2.22. The molecule has 0 bridgehead atoms. The number of carbonyl (C=O) groups excluding carboxylic acids is 1. The number of aryl methyl sites for hydroxylation is 1. The molecule has 1 aromatic rings. The molecular formula is C16H22N2O2. The summed E-state index contributed by atoms with van der Waals surface area (Å²) in [5.74, 6) is 0.0382. The van der Waals surface area contributed by atoms with Gasteiger partial charge in [0.25, 0.3) is 5.91 Å². The first-order valence-electron chi connectivity index (χ1n) is 7.44. The lowest BCUT2D eigenvalue weighted by Crippen LogP contribution is -2.48. The van der Waals surface area contributed by atoms with Gasteiger partial charge in [-0.15, -0.1) is 0 Å². The van der Waals surface area contributed by atoms with Crippen LogP contribution < -0.4 is 5.32 Å². The molecule has 4 nitrogen and oxygen atoms in total. The molecule has 1 aromatic carbocycles. The number of para-hydroxylation sites is 1. The third-order valence-corrected chi connectivity index (χ3v) is 4.27. The average Bonchev–Trinajstić information content (AvgIpc) is 2.45. The van der Waals surface area contributed by atoms with Crippen molar-refractivity contribution in [2.24, 2.45) is 0 Å². The minimum Gasteiger partial charge on any atom is -0.388 e. The number of benzene rings is 1. The first-order chi connectivity index (χ1) is 9.57. The Morgan fingerprint density at radius 3 is 3.05 bits per heavy atom. The fourth-order valence-electron chi connectivity index (χ4n) is 3.25. The van der Waals surface area contributed by atoms with Crippen LogP contribution in [0.3, 0.4) is 0 Å². The van der Waals surface area contributed by atoms with Crippen LogP contribution in [0.2, 0.25) is 0 Å². The minimum absolute atomic E-state index is 0.0382. The van der Waals surface area contributed by atoms with Gasteiger partial charge in [-0.3, -0.25) is 4.79 Å². The highest BCUT2D eigenvalue weighted by molar-refractivity contribution is 6.00. The molecule has 4 heteroatoms. The second-order valence-corrected chi connectivity index (χ2v) is 6.20. The number of nitrogens with zero attached hydrogens (tertiary/aromatic N) is 1. The molecule has 1 atom stereocenters. The van der Waals surface area contributed by atoms with Crippen LogP contribution in [0.15, 0.2) is 18.2 Å². The largest absolute Gasteiger partial charge is 0.388 e. The molecule has 2 N–H and O–H groups in total. The van der Waals surface area contributed by atoms with Gasteiger partial charge < -0.3 is 15.3 Å². The number of β-amino-alcohol motifs (C(OH)–C–C–N with tert-alkyl or cyclic N) is 1. The molecule has 1 amide bonds. The van der Waals surface area contributed by atoms with Crippen molar-refractivity contribution >= 4 is 11.6 Å². The number of aliphatic hydroxyl groups is 1. The maximum absolute atomic E-state index is 12.7. The Balaban J connectivity index is 1.87. The zero-order valence-corrected chi connectivity index (χ0v) is 12.0. The molecule has 0 saturated carbocycles. The minimum atomic E-state index is -0.754. The number of nitrogens with one attached hydrogen (secondary N) is 1. The highest BCUT2D eigenvalue weighted by atomic mass is 16.3. The van der Waals surface area contributed by atoms with Crippen molar-refractivity contribution in [3.05, 3.63) is 29.3 Å². The van der Waals surface area contributed by atoms with Crippen LogP contribution >= 0.6 is 0 Å². The summed E-state index contributed by atoms with van der Waals surface area (Å²) in [6.07, 6.45) is 3.77. The highest BCUT2D eigenvalue weighted by Crippen LogP contribution is 2.29. The van der Waals surface area contributed by atoms with E-state index in [0.717, 1.165) is 50.0 Å². The normalized spacial score (nSPS) is 25.8. The van der Waals surface area contributed by atoms with E-state index in [1.807, 2.05) is 19.1 Å². The highest BCUT2D eigenvalue weighted by Gasteiger charge is 2.32. The smallest absolute Gasteiger partial charge is 0.256 e. The molecule has 2 aliphatic rings. The summed E-state index contributed by atoms with van der Waals surface area (Å²) in [4.78, 5) is 14.5. The predicted molar refractivity (Wildman–Crippen MR) is 79.0 cm³/mol. The Kier molecular flexibility index (Phi) is 3.42. The summed E-state index contributed by atoms with van der Waals surface area (Å²) >= 11 is 0. The van der Waals surface area contributed by atoms with E-state index < -0.39 is 5.60 Å². The third-order valence-electron chi connectivity index (χ3n) is 4.27. The molecule has 1 fully saturated rings. The van der Waals surface area contributed by atoms with E-state index in [0.29, 0.717) is 6.54 Å². The Labute approximate surface area is 119 Å². The van der Waals surface area contributed by atoms with E-state index in [1.54, 1.807) is 4.90 Å². The van der Waals surface area contributed by atoms with Gasteiger partial charge in [-0.05, 0) is 44.2 Å². The number of hydrogen-bond donors (Lipinski definition) is 2. The maximum atomic E-state index is 12.7. The van der Waals surface area contributed by atoms with Crippen LogP contribution in [-0.2, 0) is 6.42 Å². The van der Waals surface area contributed by atoms with E-state index in [4.69, 9.17) is 0 Å².